The first-order valence-electron chi connectivity index (χ1n) is 9.85. The van der Waals surface area contributed by atoms with Crippen molar-refractivity contribution < 1.29 is 23.9 Å². The van der Waals surface area contributed by atoms with Crippen LogP contribution in [0.1, 0.15) is 18.1 Å². The van der Waals surface area contributed by atoms with Crippen molar-refractivity contribution in [3.05, 3.63) is 83.7 Å². The molecule has 3 rings (SSSR count). The highest BCUT2D eigenvalue weighted by Gasteiger charge is 2.27. The third-order valence-corrected chi connectivity index (χ3v) is 4.97. The molecule has 3 aromatic rings. The van der Waals surface area contributed by atoms with Gasteiger partial charge in [-0.2, -0.15) is 0 Å². The van der Waals surface area contributed by atoms with Crippen LogP contribution < -0.4 is 10.6 Å². The number of aliphatic carboxylic acids is 1. The van der Waals surface area contributed by atoms with Crippen LogP contribution in [-0.4, -0.2) is 35.0 Å². The SMILES string of the molecule is CC(=O)N[C@H](Cc1ccc(F)cc1)C(=O)N[C@@H](Cc1cccc2ccccc12)C(=O)O. The average molecular weight is 422 g/mol. The third kappa shape index (κ3) is 5.88. The van der Waals surface area contributed by atoms with Crippen molar-refractivity contribution in [2.45, 2.75) is 31.8 Å². The molecule has 0 aliphatic heterocycles. The van der Waals surface area contributed by atoms with Crippen LogP contribution in [0.25, 0.3) is 10.8 Å². The number of carboxylic acids is 1. The van der Waals surface area contributed by atoms with Crippen LogP contribution >= 0.6 is 0 Å². The Balaban J connectivity index is 1.78. The van der Waals surface area contributed by atoms with E-state index in [1.807, 2.05) is 42.5 Å². The van der Waals surface area contributed by atoms with Gasteiger partial charge in [0.15, 0.2) is 0 Å². The zero-order valence-corrected chi connectivity index (χ0v) is 17.0. The fraction of sp³-hybridized carbons (Fsp3) is 0.208. The molecule has 0 saturated carbocycles. The molecular formula is C24H23FN2O4. The van der Waals surface area contributed by atoms with E-state index in [9.17, 15) is 23.9 Å². The van der Waals surface area contributed by atoms with E-state index in [2.05, 4.69) is 10.6 Å². The van der Waals surface area contributed by atoms with Gasteiger partial charge in [-0.25, -0.2) is 9.18 Å². The molecule has 3 N–H and O–H groups in total. The molecule has 0 saturated heterocycles. The van der Waals surface area contributed by atoms with Gasteiger partial charge in [-0.3, -0.25) is 9.59 Å². The summed E-state index contributed by atoms with van der Waals surface area (Å²) in [5.41, 5.74) is 1.43. The van der Waals surface area contributed by atoms with Gasteiger partial charge in [-0.05, 0) is 34.0 Å². The Kier molecular flexibility index (Phi) is 6.97. The van der Waals surface area contributed by atoms with E-state index in [1.54, 1.807) is 0 Å². The first-order valence-corrected chi connectivity index (χ1v) is 9.85. The predicted octanol–water partition coefficient (Wildman–Crippen LogP) is 2.84. The Morgan fingerprint density at radius 1 is 0.871 bits per heavy atom. The molecule has 3 aromatic carbocycles. The maximum absolute atomic E-state index is 13.2. The van der Waals surface area contributed by atoms with Crippen LogP contribution in [0.4, 0.5) is 4.39 Å². The second-order valence-corrected chi connectivity index (χ2v) is 7.33. The summed E-state index contributed by atoms with van der Waals surface area (Å²) in [5, 5.41) is 16.7. The van der Waals surface area contributed by atoms with Gasteiger partial charge in [0.1, 0.15) is 17.9 Å². The number of hydrogen-bond donors (Lipinski definition) is 3. The summed E-state index contributed by atoms with van der Waals surface area (Å²) in [7, 11) is 0. The third-order valence-electron chi connectivity index (χ3n) is 4.97. The topological polar surface area (TPSA) is 95.5 Å². The molecule has 0 spiro atoms. The fourth-order valence-electron chi connectivity index (χ4n) is 3.47. The normalized spacial score (nSPS) is 12.7. The summed E-state index contributed by atoms with van der Waals surface area (Å²) in [4.78, 5) is 36.3. The Labute approximate surface area is 179 Å². The highest BCUT2D eigenvalue weighted by molar-refractivity contribution is 5.91. The molecule has 7 heteroatoms. The largest absolute Gasteiger partial charge is 0.480 e. The lowest BCUT2D eigenvalue weighted by molar-refractivity contribution is -0.142. The van der Waals surface area contributed by atoms with Crippen LogP contribution in [0.3, 0.4) is 0 Å². The number of halogens is 1. The summed E-state index contributed by atoms with van der Waals surface area (Å²) < 4.78 is 13.2. The molecule has 0 aromatic heterocycles. The van der Waals surface area contributed by atoms with Crippen molar-refractivity contribution in [2.24, 2.45) is 0 Å². The number of carboxylic acid groups (broad SMARTS) is 1. The molecule has 2 amide bonds. The second kappa shape index (κ2) is 9.84. The minimum absolute atomic E-state index is 0.0891. The molecular weight excluding hydrogens is 399 g/mol. The molecule has 6 nitrogen and oxygen atoms in total. The molecule has 0 fully saturated rings. The van der Waals surface area contributed by atoms with E-state index >= 15 is 0 Å². The predicted molar refractivity (Wildman–Crippen MR) is 115 cm³/mol. The van der Waals surface area contributed by atoms with E-state index < -0.39 is 35.7 Å². The lowest BCUT2D eigenvalue weighted by Gasteiger charge is -2.21. The van der Waals surface area contributed by atoms with Crippen LogP contribution in [0.2, 0.25) is 0 Å². The van der Waals surface area contributed by atoms with Gasteiger partial charge in [0, 0.05) is 19.8 Å². The Morgan fingerprint density at radius 3 is 2.23 bits per heavy atom. The zero-order chi connectivity index (χ0) is 22.4. The number of carbonyl (C=O) groups is 3. The molecule has 0 bridgehead atoms. The monoisotopic (exact) mass is 422 g/mol. The lowest BCUT2D eigenvalue weighted by Crippen LogP contribution is -2.52. The van der Waals surface area contributed by atoms with Crippen LogP contribution in [0.15, 0.2) is 66.7 Å². The number of benzene rings is 3. The zero-order valence-electron chi connectivity index (χ0n) is 17.0. The molecule has 0 unspecified atom stereocenters. The van der Waals surface area contributed by atoms with Crippen molar-refractivity contribution in [2.75, 3.05) is 0 Å². The number of amides is 2. The highest BCUT2D eigenvalue weighted by atomic mass is 19.1. The molecule has 2 atom stereocenters. The van der Waals surface area contributed by atoms with Crippen LogP contribution in [0, 0.1) is 5.82 Å². The van der Waals surface area contributed by atoms with Crippen molar-refractivity contribution >= 4 is 28.6 Å². The Morgan fingerprint density at radius 2 is 1.55 bits per heavy atom. The molecule has 0 aliphatic rings. The Bertz CT molecular complexity index is 1090. The van der Waals surface area contributed by atoms with Gasteiger partial charge in [0.05, 0.1) is 0 Å². The maximum Gasteiger partial charge on any atom is 0.326 e. The summed E-state index contributed by atoms with van der Waals surface area (Å²) in [6.45, 7) is 1.27. The number of fused-ring (bicyclic) bond motifs is 1. The van der Waals surface area contributed by atoms with Gasteiger partial charge >= 0.3 is 5.97 Å². The number of rotatable bonds is 8. The van der Waals surface area contributed by atoms with E-state index in [-0.39, 0.29) is 12.8 Å². The summed E-state index contributed by atoms with van der Waals surface area (Å²) in [6, 6.07) is 16.6. The van der Waals surface area contributed by atoms with Crippen molar-refractivity contribution in [1.29, 1.82) is 0 Å². The highest BCUT2D eigenvalue weighted by Crippen LogP contribution is 2.20. The summed E-state index contributed by atoms with van der Waals surface area (Å²) >= 11 is 0. The first-order chi connectivity index (χ1) is 14.8. The standard InChI is InChI=1S/C24H23FN2O4/c1-15(28)26-21(13-16-9-11-19(25)12-10-16)23(29)27-22(24(30)31)14-18-7-4-6-17-5-2-3-8-20(17)18/h2-12,21-22H,13-14H2,1H3,(H,26,28)(H,27,29)(H,30,31)/t21-,22+/m1/s1. The van der Waals surface area contributed by atoms with Gasteiger partial charge in [-0.15, -0.1) is 0 Å². The van der Waals surface area contributed by atoms with Crippen LogP contribution in [0.5, 0.6) is 0 Å². The lowest BCUT2D eigenvalue weighted by atomic mass is 9.98. The minimum Gasteiger partial charge on any atom is -0.480 e. The quantitative estimate of drug-likeness (QED) is 0.520. The summed E-state index contributed by atoms with van der Waals surface area (Å²) in [5.74, 6) is -2.63. The molecule has 31 heavy (non-hydrogen) atoms. The average Bonchev–Trinajstić information content (AvgIpc) is 2.74. The van der Waals surface area contributed by atoms with Gasteiger partial charge in [-0.1, -0.05) is 54.6 Å². The number of hydrogen-bond acceptors (Lipinski definition) is 3. The minimum atomic E-state index is -1.18. The molecule has 0 radical (unpaired) electrons. The number of carbonyl (C=O) groups excluding carboxylic acids is 2. The summed E-state index contributed by atoms with van der Waals surface area (Å²) in [6.07, 6.45) is 0.193. The van der Waals surface area contributed by atoms with Crippen molar-refractivity contribution in [3.63, 3.8) is 0 Å². The molecule has 0 aliphatic carbocycles. The number of nitrogens with one attached hydrogen (secondary N) is 2. The Hall–Kier alpha value is -3.74. The van der Waals surface area contributed by atoms with Gasteiger partial charge < -0.3 is 15.7 Å². The van der Waals surface area contributed by atoms with E-state index in [0.29, 0.717) is 5.56 Å². The maximum atomic E-state index is 13.2. The van der Waals surface area contributed by atoms with E-state index in [1.165, 1.54) is 31.2 Å². The fourth-order valence-corrected chi connectivity index (χ4v) is 3.47. The molecule has 0 heterocycles. The van der Waals surface area contributed by atoms with Gasteiger partial charge in [0.25, 0.3) is 0 Å². The molecule has 160 valence electrons. The van der Waals surface area contributed by atoms with E-state index in [4.69, 9.17) is 0 Å². The smallest absolute Gasteiger partial charge is 0.326 e. The van der Waals surface area contributed by atoms with E-state index in [0.717, 1.165) is 16.3 Å². The van der Waals surface area contributed by atoms with Crippen LogP contribution in [-0.2, 0) is 27.2 Å². The first kappa shape index (κ1) is 22.0. The van der Waals surface area contributed by atoms with Gasteiger partial charge in [0.2, 0.25) is 11.8 Å². The second-order valence-electron chi connectivity index (χ2n) is 7.33. The van der Waals surface area contributed by atoms with Crippen molar-refractivity contribution in [3.8, 4) is 0 Å². The van der Waals surface area contributed by atoms with Crippen molar-refractivity contribution in [1.82, 2.24) is 10.6 Å².